The van der Waals surface area contributed by atoms with E-state index in [1.807, 2.05) is 49.3 Å². The lowest BCUT2D eigenvalue weighted by Gasteiger charge is -2.10. The van der Waals surface area contributed by atoms with Crippen LogP contribution in [0.3, 0.4) is 0 Å². The van der Waals surface area contributed by atoms with Gasteiger partial charge in [0.25, 0.3) is 5.91 Å². The van der Waals surface area contributed by atoms with E-state index in [1.54, 1.807) is 59.9 Å². The molecule has 6 heterocycles. The number of hydrogen-bond acceptors (Lipinski definition) is 11. The van der Waals surface area contributed by atoms with Gasteiger partial charge in [0.1, 0.15) is 17.2 Å². The van der Waals surface area contributed by atoms with E-state index in [4.69, 9.17) is 0 Å². The number of nitrogens with one attached hydrogen (secondary N) is 1. The second kappa shape index (κ2) is 15.6. The van der Waals surface area contributed by atoms with Crippen molar-refractivity contribution in [1.29, 1.82) is 0 Å². The molecule has 0 spiro atoms. The molecular formula is C36H42N12O3. The van der Waals surface area contributed by atoms with Crippen molar-refractivity contribution < 1.29 is 14.3 Å². The first kappa shape index (κ1) is 36.2. The van der Waals surface area contributed by atoms with Gasteiger partial charge in [-0.1, -0.05) is 19.9 Å². The molecule has 6 aromatic rings. The van der Waals surface area contributed by atoms with Crippen molar-refractivity contribution in [3.05, 3.63) is 96.0 Å². The Morgan fingerprint density at radius 3 is 2.20 bits per heavy atom. The van der Waals surface area contributed by atoms with Crippen molar-refractivity contribution in [2.45, 2.75) is 73.4 Å². The van der Waals surface area contributed by atoms with Crippen LogP contribution in [0.5, 0.6) is 0 Å². The molecule has 0 atom stereocenters. The van der Waals surface area contributed by atoms with E-state index >= 15 is 0 Å². The van der Waals surface area contributed by atoms with Crippen molar-refractivity contribution >= 4 is 17.7 Å². The SMILES string of the molecule is COC(=O)c1cc(-c2cn(C(C)C)cn2)c(C)cn1.Cc1cnc(C(=O)Nc2cccc(-n3nnnc3C(C)C)n2)cc1-c1cnn(C(C)C)c1. The predicted molar refractivity (Wildman–Crippen MR) is 191 cm³/mol. The Morgan fingerprint density at radius 2 is 1.55 bits per heavy atom. The number of amides is 1. The van der Waals surface area contributed by atoms with E-state index in [0.717, 1.165) is 33.5 Å². The fraction of sp³-hybridized carbons (Fsp3) is 0.333. The molecule has 0 unspecified atom stereocenters. The molecule has 0 bridgehead atoms. The van der Waals surface area contributed by atoms with Crippen LogP contribution >= 0.6 is 0 Å². The zero-order valence-electron chi connectivity index (χ0n) is 30.2. The maximum absolute atomic E-state index is 12.9. The van der Waals surface area contributed by atoms with Gasteiger partial charge < -0.3 is 14.6 Å². The average molecular weight is 691 g/mol. The molecule has 0 aliphatic rings. The largest absolute Gasteiger partial charge is 0.464 e. The summed E-state index contributed by atoms with van der Waals surface area (Å²) in [6, 6.07) is 9.38. The fourth-order valence-electron chi connectivity index (χ4n) is 5.00. The number of imidazole rings is 1. The Kier molecular flexibility index (Phi) is 11.1. The lowest BCUT2D eigenvalue weighted by Crippen LogP contribution is -2.16. The maximum atomic E-state index is 12.9. The third kappa shape index (κ3) is 8.37. The van der Waals surface area contributed by atoms with Gasteiger partial charge in [0.2, 0.25) is 0 Å². The number of ether oxygens (including phenoxy) is 1. The van der Waals surface area contributed by atoms with Crippen LogP contribution in [0, 0.1) is 13.8 Å². The topological polar surface area (TPSA) is 173 Å². The minimum Gasteiger partial charge on any atom is -0.464 e. The number of hydrogen-bond donors (Lipinski definition) is 1. The predicted octanol–water partition coefficient (Wildman–Crippen LogP) is 6.20. The minimum atomic E-state index is -0.440. The second-order valence-corrected chi connectivity index (χ2v) is 12.8. The van der Waals surface area contributed by atoms with Gasteiger partial charge in [0, 0.05) is 53.9 Å². The van der Waals surface area contributed by atoms with Gasteiger partial charge >= 0.3 is 5.97 Å². The van der Waals surface area contributed by atoms with Crippen molar-refractivity contribution in [3.8, 4) is 28.2 Å². The molecule has 51 heavy (non-hydrogen) atoms. The molecule has 0 aliphatic carbocycles. The summed E-state index contributed by atoms with van der Waals surface area (Å²) in [6.07, 6.45) is 10.9. The minimum absolute atomic E-state index is 0.125. The molecule has 6 rings (SSSR count). The summed E-state index contributed by atoms with van der Waals surface area (Å²) in [4.78, 5) is 41.7. The van der Waals surface area contributed by atoms with Crippen LogP contribution in [0.4, 0.5) is 5.82 Å². The van der Waals surface area contributed by atoms with Gasteiger partial charge in [0.05, 0.1) is 25.3 Å². The van der Waals surface area contributed by atoms with E-state index in [9.17, 15) is 9.59 Å². The van der Waals surface area contributed by atoms with Crippen molar-refractivity contribution in [1.82, 2.24) is 54.5 Å². The first-order valence-corrected chi connectivity index (χ1v) is 16.5. The number of anilines is 1. The Labute approximate surface area is 296 Å². The monoisotopic (exact) mass is 690 g/mol. The summed E-state index contributed by atoms with van der Waals surface area (Å²) in [5.74, 6) is 0.926. The quantitative estimate of drug-likeness (QED) is 0.171. The Hall–Kier alpha value is -6.12. The van der Waals surface area contributed by atoms with Crippen LogP contribution < -0.4 is 5.32 Å². The van der Waals surface area contributed by atoms with Crippen LogP contribution in [0.25, 0.3) is 28.2 Å². The Bertz CT molecular complexity index is 2140. The second-order valence-electron chi connectivity index (χ2n) is 12.8. The number of carbonyl (C=O) groups excluding carboxylic acids is 2. The lowest BCUT2D eigenvalue weighted by atomic mass is 10.0. The summed E-state index contributed by atoms with van der Waals surface area (Å²) in [7, 11) is 1.34. The summed E-state index contributed by atoms with van der Waals surface area (Å²) < 4.78 is 10.2. The standard InChI is InChI=1S/C22H25N9O.C14H17N3O2/c1-13(2)21-27-28-29-31(21)20-8-6-7-19(25-20)26-22(32)18-9-17(15(5)10-23-18)16-11-24-30(12-16)14(3)4;1-9(2)17-7-13(16-8-17)11-5-12(14(18)19-4)15-6-10(11)3/h6-14H,1-5H3,(H,25,26,32);5-9H,1-4H3. The molecule has 1 N–H and O–H groups in total. The molecule has 6 aromatic heterocycles. The third-order valence-electron chi connectivity index (χ3n) is 7.95. The molecule has 0 fully saturated rings. The summed E-state index contributed by atoms with van der Waals surface area (Å²) in [5.41, 5.74) is 6.10. The van der Waals surface area contributed by atoms with E-state index in [0.29, 0.717) is 34.9 Å². The van der Waals surface area contributed by atoms with Crippen molar-refractivity contribution in [3.63, 3.8) is 0 Å². The van der Waals surface area contributed by atoms with Gasteiger partial charge in [-0.3, -0.25) is 14.5 Å². The van der Waals surface area contributed by atoms with Gasteiger partial charge in [-0.2, -0.15) is 9.78 Å². The Balaban J connectivity index is 0.000000226. The van der Waals surface area contributed by atoms with Crippen molar-refractivity contribution in [2.75, 3.05) is 12.4 Å². The van der Waals surface area contributed by atoms with Crippen LogP contribution in [-0.2, 0) is 4.74 Å². The first-order valence-electron chi connectivity index (χ1n) is 16.5. The number of esters is 1. The van der Waals surface area contributed by atoms with E-state index in [-0.39, 0.29) is 17.9 Å². The van der Waals surface area contributed by atoms with E-state index in [2.05, 4.69) is 78.3 Å². The number of carbonyl (C=O) groups is 2. The molecule has 0 saturated heterocycles. The summed E-state index contributed by atoms with van der Waals surface area (Å²) in [6.45, 7) is 16.2. The highest BCUT2D eigenvalue weighted by Gasteiger charge is 2.17. The van der Waals surface area contributed by atoms with Gasteiger partial charge in [0.15, 0.2) is 11.6 Å². The zero-order chi connectivity index (χ0) is 36.8. The lowest BCUT2D eigenvalue weighted by molar-refractivity contribution is 0.0594. The van der Waals surface area contributed by atoms with Crippen LogP contribution in [0.15, 0.2) is 67.6 Å². The normalized spacial score (nSPS) is 11.1. The van der Waals surface area contributed by atoms with Crippen LogP contribution in [-0.4, -0.2) is 73.5 Å². The smallest absolute Gasteiger partial charge is 0.356 e. The van der Waals surface area contributed by atoms with Crippen molar-refractivity contribution in [2.24, 2.45) is 0 Å². The Morgan fingerprint density at radius 1 is 0.843 bits per heavy atom. The number of methoxy groups -OCH3 is 1. The van der Waals surface area contributed by atoms with Gasteiger partial charge in [-0.15, -0.1) is 5.10 Å². The number of pyridine rings is 3. The van der Waals surface area contributed by atoms with Crippen LogP contribution in [0.1, 0.15) is 97.5 Å². The molecule has 0 aromatic carbocycles. The molecule has 0 radical (unpaired) electrons. The summed E-state index contributed by atoms with van der Waals surface area (Å²) in [5, 5.41) is 19.0. The number of tetrazole rings is 1. The number of nitrogens with zero attached hydrogens (tertiary/aromatic N) is 11. The maximum Gasteiger partial charge on any atom is 0.356 e. The molecule has 264 valence electrons. The molecule has 1 amide bonds. The highest BCUT2D eigenvalue weighted by molar-refractivity contribution is 6.03. The first-order chi connectivity index (χ1) is 24.4. The van der Waals surface area contributed by atoms with E-state index < -0.39 is 5.97 Å². The van der Waals surface area contributed by atoms with Gasteiger partial charge in [-0.05, 0) is 92.9 Å². The molecular weight excluding hydrogens is 648 g/mol. The van der Waals surface area contributed by atoms with E-state index in [1.165, 1.54) is 7.11 Å². The fourth-order valence-corrected chi connectivity index (χ4v) is 5.00. The highest BCUT2D eigenvalue weighted by Crippen LogP contribution is 2.25. The molecule has 15 nitrogen and oxygen atoms in total. The number of aromatic nitrogens is 11. The number of aryl methyl sites for hydroxylation is 2. The zero-order valence-corrected chi connectivity index (χ0v) is 30.2. The molecule has 0 saturated carbocycles. The average Bonchev–Trinajstić information content (AvgIpc) is 3.90. The summed E-state index contributed by atoms with van der Waals surface area (Å²) >= 11 is 0. The third-order valence-corrected chi connectivity index (χ3v) is 7.95. The number of rotatable bonds is 9. The molecule has 15 heteroatoms. The molecule has 0 aliphatic heterocycles. The van der Waals surface area contributed by atoms with Gasteiger partial charge in [-0.25, -0.2) is 19.7 Å². The van der Waals surface area contributed by atoms with Crippen LogP contribution in [0.2, 0.25) is 0 Å². The highest BCUT2D eigenvalue weighted by atomic mass is 16.5.